The van der Waals surface area contributed by atoms with Crippen LogP contribution in [0.3, 0.4) is 0 Å². The van der Waals surface area contributed by atoms with Gasteiger partial charge in [-0.1, -0.05) is 37.3 Å². The monoisotopic (exact) mass is 527 g/mol. The van der Waals surface area contributed by atoms with Crippen molar-refractivity contribution < 1.29 is 4.79 Å². The van der Waals surface area contributed by atoms with Gasteiger partial charge in [-0.25, -0.2) is 0 Å². The second-order valence-electron chi connectivity index (χ2n) is 8.39. The maximum Gasteiger partial charge on any atom is 0.224 e. The molecule has 7 heteroatoms. The third-order valence-electron chi connectivity index (χ3n) is 6.09. The fourth-order valence-electron chi connectivity index (χ4n) is 4.46. The van der Waals surface area contributed by atoms with Crippen molar-refractivity contribution in [2.24, 2.45) is 10.9 Å². The molecule has 30 heavy (non-hydrogen) atoms. The molecule has 2 fully saturated rings. The van der Waals surface area contributed by atoms with Crippen LogP contribution in [-0.2, 0) is 4.79 Å². The van der Waals surface area contributed by atoms with Crippen molar-refractivity contribution in [1.82, 2.24) is 20.4 Å². The predicted octanol–water partition coefficient (Wildman–Crippen LogP) is 3.26. The molecular weight excluding hydrogens is 489 g/mol. The van der Waals surface area contributed by atoms with Crippen LogP contribution < -0.4 is 10.6 Å². The van der Waals surface area contributed by atoms with E-state index in [0.717, 1.165) is 45.1 Å². The Balaban J connectivity index is 0.00000320. The van der Waals surface area contributed by atoms with Crippen molar-refractivity contribution in [2.75, 3.05) is 46.3 Å². The minimum absolute atomic E-state index is 0. The first-order valence-corrected chi connectivity index (χ1v) is 11.2. The Morgan fingerprint density at radius 2 is 1.87 bits per heavy atom. The second kappa shape index (κ2) is 13.1. The van der Waals surface area contributed by atoms with Crippen LogP contribution >= 0.6 is 24.0 Å². The van der Waals surface area contributed by atoms with Crippen LogP contribution in [0.25, 0.3) is 0 Å². The van der Waals surface area contributed by atoms with Crippen LogP contribution in [0.2, 0.25) is 0 Å². The number of guanidine groups is 1. The molecular formula is C23H38IN5O. The van der Waals surface area contributed by atoms with Gasteiger partial charge < -0.3 is 15.5 Å². The minimum Gasteiger partial charge on any atom is -0.356 e. The zero-order valence-electron chi connectivity index (χ0n) is 18.5. The van der Waals surface area contributed by atoms with E-state index in [2.05, 4.69) is 57.8 Å². The molecule has 2 unspecified atom stereocenters. The largest absolute Gasteiger partial charge is 0.356 e. The van der Waals surface area contributed by atoms with E-state index in [0.29, 0.717) is 24.9 Å². The molecule has 2 heterocycles. The van der Waals surface area contributed by atoms with Crippen LogP contribution in [0.4, 0.5) is 0 Å². The Kier molecular flexibility index (Phi) is 10.9. The van der Waals surface area contributed by atoms with Gasteiger partial charge in [-0.2, -0.15) is 0 Å². The summed E-state index contributed by atoms with van der Waals surface area (Å²) in [7, 11) is 1.79. The number of likely N-dealkylation sites (tertiary alicyclic amines) is 2. The van der Waals surface area contributed by atoms with Crippen LogP contribution in [-0.4, -0.2) is 68.0 Å². The molecule has 0 spiro atoms. The lowest BCUT2D eigenvalue weighted by Crippen LogP contribution is -2.44. The number of nitrogens with one attached hydrogen (secondary N) is 2. The Hall–Kier alpha value is -1.35. The number of hydrogen-bond donors (Lipinski definition) is 2. The summed E-state index contributed by atoms with van der Waals surface area (Å²) in [6.45, 7) is 7.76. The smallest absolute Gasteiger partial charge is 0.224 e. The van der Waals surface area contributed by atoms with Gasteiger partial charge in [0.05, 0.1) is 6.04 Å². The molecule has 0 bridgehead atoms. The Morgan fingerprint density at radius 3 is 2.53 bits per heavy atom. The van der Waals surface area contributed by atoms with Crippen LogP contribution in [0.15, 0.2) is 35.3 Å². The quantitative estimate of drug-likeness (QED) is 0.325. The highest BCUT2D eigenvalue weighted by Crippen LogP contribution is 2.24. The number of aliphatic imine (C=N–C) groups is 1. The van der Waals surface area contributed by atoms with E-state index in [4.69, 9.17) is 0 Å². The average Bonchev–Trinajstić information content (AvgIpc) is 3.28. The van der Waals surface area contributed by atoms with Gasteiger partial charge in [0.25, 0.3) is 0 Å². The summed E-state index contributed by atoms with van der Waals surface area (Å²) in [5.74, 6) is 1.64. The van der Waals surface area contributed by atoms with Gasteiger partial charge in [0.1, 0.15) is 0 Å². The normalized spacial score (nSPS) is 21.1. The molecule has 2 atom stereocenters. The Labute approximate surface area is 198 Å². The van der Waals surface area contributed by atoms with Crippen molar-refractivity contribution in [3.05, 3.63) is 35.9 Å². The molecule has 0 aromatic heterocycles. The third kappa shape index (κ3) is 7.41. The number of nitrogens with zero attached hydrogens (tertiary/aromatic N) is 3. The van der Waals surface area contributed by atoms with Gasteiger partial charge in [-0.3, -0.25) is 14.7 Å². The molecule has 0 saturated carbocycles. The fourth-order valence-corrected chi connectivity index (χ4v) is 4.46. The number of amides is 1. The van der Waals surface area contributed by atoms with E-state index in [1.54, 1.807) is 7.05 Å². The lowest BCUT2D eigenvalue weighted by molar-refractivity contribution is -0.132. The Bertz CT molecular complexity index is 663. The van der Waals surface area contributed by atoms with Crippen molar-refractivity contribution in [3.63, 3.8) is 0 Å². The van der Waals surface area contributed by atoms with Crippen molar-refractivity contribution >= 4 is 35.8 Å². The van der Waals surface area contributed by atoms with Crippen LogP contribution in [0.5, 0.6) is 0 Å². The highest BCUT2D eigenvalue weighted by molar-refractivity contribution is 14.0. The maximum atomic E-state index is 12.5. The number of hydrogen-bond acceptors (Lipinski definition) is 3. The van der Waals surface area contributed by atoms with E-state index in [1.807, 2.05) is 4.90 Å². The second-order valence-corrected chi connectivity index (χ2v) is 8.39. The predicted molar refractivity (Wildman–Crippen MR) is 134 cm³/mol. The topological polar surface area (TPSA) is 60.0 Å². The van der Waals surface area contributed by atoms with Gasteiger partial charge in [-0.15, -0.1) is 24.0 Å². The molecule has 1 aromatic rings. The summed E-state index contributed by atoms with van der Waals surface area (Å²) < 4.78 is 0. The summed E-state index contributed by atoms with van der Waals surface area (Å²) >= 11 is 0. The lowest BCUT2D eigenvalue weighted by atomic mass is 10.00. The van der Waals surface area contributed by atoms with E-state index in [9.17, 15) is 4.79 Å². The van der Waals surface area contributed by atoms with Gasteiger partial charge >= 0.3 is 0 Å². The highest BCUT2D eigenvalue weighted by atomic mass is 127. The standard InChI is InChI=1S/C23H37N5O.HI/c1-19-9-8-16-28(18-19)22(29)12-13-25-23(24-2)26-17-21(27-14-6-7-15-27)20-10-4-3-5-11-20;/h3-5,10-11,19,21H,6-9,12-18H2,1-2H3,(H2,24,25,26);1H. The van der Waals surface area contributed by atoms with E-state index in [-0.39, 0.29) is 29.9 Å². The Morgan fingerprint density at radius 1 is 1.13 bits per heavy atom. The molecule has 0 radical (unpaired) electrons. The molecule has 1 amide bonds. The molecule has 2 saturated heterocycles. The summed E-state index contributed by atoms with van der Waals surface area (Å²) in [6.07, 6.45) is 5.42. The molecule has 1 aromatic carbocycles. The lowest BCUT2D eigenvalue weighted by Gasteiger charge is -2.31. The zero-order chi connectivity index (χ0) is 20.5. The zero-order valence-corrected chi connectivity index (χ0v) is 20.8. The van der Waals surface area contributed by atoms with Gasteiger partial charge in [0.15, 0.2) is 5.96 Å². The molecule has 2 aliphatic rings. The number of halogens is 1. The highest BCUT2D eigenvalue weighted by Gasteiger charge is 2.24. The van der Waals surface area contributed by atoms with Gasteiger partial charge in [0, 0.05) is 39.6 Å². The fraction of sp³-hybridized carbons (Fsp3) is 0.652. The third-order valence-corrected chi connectivity index (χ3v) is 6.09. The number of rotatable bonds is 7. The van der Waals surface area contributed by atoms with E-state index in [1.165, 1.54) is 24.8 Å². The SMILES string of the molecule is CN=C(NCCC(=O)N1CCCC(C)C1)NCC(c1ccccc1)N1CCCC1.I. The minimum atomic E-state index is 0. The first kappa shape index (κ1) is 24.9. The summed E-state index contributed by atoms with van der Waals surface area (Å²) in [5.41, 5.74) is 1.34. The number of benzene rings is 1. The first-order valence-electron chi connectivity index (χ1n) is 11.2. The molecule has 3 rings (SSSR count). The van der Waals surface area contributed by atoms with Crippen LogP contribution in [0, 0.1) is 5.92 Å². The van der Waals surface area contributed by atoms with E-state index < -0.39 is 0 Å². The van der Waals surface area contributed by atoms with Gasteiger partial charge in [0.2, 0.25) is 5.91 Å². The maximum absolute atomic E-state index is 12.5. The summed E-state index contributed by atoms with van der Waals surface area (Å²) in [6, 6.07) is 11.0. The molecule has 168 valence electrons. The summed E-state index contributed by atoms with van der Waals surface area (Å²) in [5, 5.41) is 6.80. The number of carbonyl (C=O) groups excluding carboxylic acids is 1. The number of carbonyl (C=O) groups is 1. The van der Waals surface area contributed by atoms with Crippen molar-refractivity contribution in [1.29, 1.82) is 0 Å². The van der Waals surface area contributed by atoms with Gasteiger partial charge in [-0.05, 0) is 50.3 Å². The van der Waals surface area contributed by atoms with Crippen molar-refractivity contribution in [2.45, 2.75) is 45.1 Å². The molecule has 0 aliphatic carbocycles. The molecule has 6 nitrogen and oxygen atoms in total. The molecule has 2 N–H and O–H groups in total. The number of piperidine rings is 1. The molecule has 2 aliphatic heterocycles. The van der Waals surface area contributed by atoms with E-state index >= 15 is 0 Å². The van der Waals surface area contributed by atoms with Crippen LogP contribution in [0.1, 0.15) is 50.6 Å². The first-order chi connectivity index (χ1) is 14.2. The average molecular weight is 527 g/mol. The van der Waals surface area contributed by atoms with Crippen molar-refractivity contribution in [3.8, 4) is 0 Å². The summed E-state index contributed by atoms with van der Waals surface area (Å²) in [4.78, 5) is 21.4.